The SMILES string of the molecule is COc1ccc(C(N)Cc2ccc(C)cc2Cl)cc1Br. The van der Waals surface area contributed by atoms with Crippen LogP contribution in [0.15, 0.2) is 40.9 Å². The topological polar surface area (TPSA) is 35.2 Å². The van der Waals surface area contributed by atoms with Gasteiger partial charge in [-0.3, -0.25) is 0 Å². The van der Waals surface area contributed by atoms with Crippen LogP contribution in [0.2, 0.25) is 5.02 Å². The Morgan fingerprint density at radius 1 is 1.25 bits per heavy atom. The van der Waals surface area contributed by atoms with Crippen LogP contribution in [0.1, 0.15) is 22.7 Å². The second kappa shape index (κ2) is 6.61. The summed E-state index contributed by atoms with van der Waals surface area (Å²) in [6.45, 7) is 2.02. The van der Waals surface area contributed by atoms with E-state index in [2.05, 4.69) is 22.0 Å². The van der Waals surface area contributed by atoms with Crippen molar-refractivity contribution in [2.75, 3.05) is 7.11 Å². The Bertz CT molecular complexity index is 615. The molecule has 0 amide bonds. The highest BCUT2D eigenvalue weighted by Crippen LogP contribution is 2.29. The van der Waals surface area contributed by atoms with E-state index in [1.54, 1.807) is 7.11 Å². The van der Waals surface area contributed by atoms with Gasteiger partial charge in [-0.15, -0.1) is 0 Å². The lowest BCUT2D eigenvalue weighted by Crippen LogP contribution is -2.13. The van der Waals surface area contributed by atoms with E-state index < -0.39 is 0 Å². The first kappa shape index (κ1) is 15.4. The Balaban J connectivity index is 2.19. The molecule has 0 bridgehead atoms. The highest BCUT2D eigenvalue weighted by molar-refractivity contribution is 9.10. The van der Waals surface area contributed by atoms with E-state index in [9.17, 15) is 0 Å². The lowest BCUT2D eigenvalue weighted by Gasteiger charge is -2.15. The fraction of sp³-hybridized carbons (Fsp3) is 0.250. The minimum Gasteiger partial charge on any atom is -0.496 e. The van der Waals surface area contributed by atoms with Gasteiger partial charge in [0, 0.05) is 11.1 Å². The predicted molar refractivity (Wildman–Crippen MR) is 87.5 cm³/mol. The van der Waals surface area contributed by atoms with Gasteiger partial charge in [0.05, 0.1) is 11.6 Å². The summed E-state index contributed by atoms with van der Waals surface area (Å²) >= 11 is 9.73. The van der Waals surface area contributed by atoms with Crippen LogP contribution in [0.5, 0.6) is 5.75 Å². The Kier molecular flexibility index (Phi) is 5.08. The van der Waals surface area contributed by atoms with Gasteiger partial charge in [-0.1, -0.05) is 29.8 Å². The number of hydrogen-bond acceptors (Lipinski definition) is 2. The fourth-order valence-corrected chi connectivity index (χ4v) is 2.96. The Labute approximate surface area is 133 Å². The van der Waals surface area contributed by atoms with E-state index in [-0.39, 0.29) is 6.04 Å². The summed E-state index contributed by atoms with van der Waals surface area (Å²) in [4.78, 5) is 0. The molecule has 2 N–H and O–H groups in total. The van der Waals surface area contributed by atoms with Crippen molar-refractivity contribution in [1.29, 1.82) is 0 Å². The second-order valence-electron chi connectivity index (χ2n) is 4.80. The van der Waals surface area contributed by atoms with Gasteiger partial charge in [0.15, 0.2) is 0 Å². The van der Waals surface area contributed by atoms with Gasteiger partial charge in [0.2, 0.25) is 0 Å². The third-order valence-electron chi connectivity index (χ3n) is 3.25. The summed E-state index contributed by atoms with van der Waals surface area (Å²) in [6, 6.07) is 11.8. The van der Waals surface area contributed by atoms with Gasteiger partial charge in [-0.2, -0.15) is 0 Å². The van der Waals surface area contributed by atoms with Gasteiger partial charge in [-0.05, 0) is 64.2 Å². The van der Waals surface area contributed by atoms with Crippen LogP contribution in [0, 0.1) is 6.92 Å². The summed E-state index contributed by atoms with van der Waals surface area (Å²) in [5.74, 6) is 0.800. The molecule has 0 aliphatic rings. The third kappa shape index (κ3) is 3.54. The van der Waals surface area contributed by atoms with Crippen LogP contribution >= 0.6 is 27.5 Å². The zero-order valence-corrected chi connectivity index (χ0v) is 13.8. The lowest BCUT2D eigenvalue weighted by atomic mass is 9.99. The molecule has 1 atom stereocenters. The zero-order chi connectivity index (χ0) is 14.7. The molecular formula is C16H17BrClNO. The highest BCUT2D eigenvalue weighted by atomic mass is 79.9. The monoisotopic (exact) mass is 353 g/mol. The number of methoxy groups -OCH3 is 1. The molecule has 2 nitrogen and oxygen atoms in total. The maximum Gasteiger partial charge on any atom is 0.133 e. The first-order valence-corrected chi connectivity index (χ1v) is 7.52. The first-order chi connectivity index (χ1) is 9.51. The Morgan fingerprint density at radius 2 is 2.00 bits per heavy atom. The second-order valence-corrected chi connectivity index (χ2v) is 6.06. The number of aryl methyl sites for hydroxylation is 1. The molecule has 0 saturated carbocycles. The summed E-state index contributed by atoms with van der Waals surface area (Å²) in [7, 11) is 1.64. The van der Waals surface area contributed by atoms with Crippen molar-refractivity contribution in [3.05, 3.63) is 62.6 Å². The van der Waals surface area contributed by atoms with Crippen molar-refractivity contribution in [2.45, 2.75) is 19.4 Å². The van der Waals surface area contributed by atoms with Gasteiger partial charge in [0.25, 0.3) is 0 Å². The fourth-order valence-electron chi connectivity index (χ4n) is 2.09. The highest BCUT2D eigenvalue weighted by Gasteiger charge is 2.11. The number of benzene rings is 2. The Morgan fingerprint density at radius 3 is 2.60 bits per heavy atom. The average Bonchev–Trinajstić information content (AvgIpc) is 2.41. The third-order valence-corrected chi connectivity index (χ3v) is 4.22. The van der Waals surface area contributed by atoms with Crippen LogP contribution in [0.3, 0.4) is 0 Å². The number of ether oxygens (including phenoxy) is 1. The molecule has 2 aromatic carbocycles. The van der Waals surface area contributed by atoms with E-state index in [4.69, 9.17) is 22.1 Å². The van der Waals surface area contributed by atoms with Crippen LogP contribution in [0.4, 0.5) is 0 Å². The normalized spacial score (nSPS) is 12.2. The minimum absolute atomic E-state index is 0.0996. The van der Waals surface area contributed by atoms with Gasteiger partial charge >= 0.3 is 0 Å². The van der Waals surface area contributed by atoms with Crippen molar-refractivity contribution in [3.63, 3.8) is 0 Å². The molecule has 1 unspecified atom stereocenters. The molecule has 0 radical (unpaired) electrons. The smallest absolute Gasteiger partial charge is 0.133 e. The van der Waals surface area contributed by atoms with E-state index in [1.165, 1.54) is 0 Å². The number of hydrogen-bond donors (Lipinski definition) is 1. The molecule has 2 rings (SSSR count). The number of rotatable bonds is 4. The summed E-state index contributed by atoms with van der Waals surface area (Å²) < 4.78 is 6.13. The largest absolute Gasteiger partial charge is 0.496 e. The molecule has 106 valence electrons. The minimum atomic E-state index is -0.0996. The predicted octanol–water partition coefficient (Wildman–Crippen LogP) is 4.66. The van der Waals surface area contributed by atoms with Gasteiger partial charge < -0.3 is 10.5 Å². The van der Waals surface area contributed by atoms with E-state index in [0.717, 1.165) is 31.9 Å². The molecule has 0 aromatic heterocycles. The van der Waals surface area contributed by atoms with E-state index in [0.29, 0.717) is 6.42 Å². The van der Waals surface area contributed by atoms with Crippen molar-refractivity contribution in [1.82, 2.24) is 0 Å². The number of nitrogens with two attached hydrogens (primary N) is 1. The average molecular weight is 355 g/mol. The molecule has 0 heterocycles. The molecule has 20 heavy (non-hydrogen) atoms. The zero-order valence-electron chi connectivity index (χ0n) is 11.5. The molecule has 0 spiro atoms. The van der Waals surface area contributed by atoms with Crippen LogP contribution in [-0.2, 0) is 6.42 Å². The summed E-state index contributed by atoms with van der Waals surface area (Å²) in [5, 5.41) is 0.771. The lowest BCUT2D eigenvalue weighted by molar-refractivity contribution is 0.412. The van der Waals surface area contributed by atoms with Crippen LogP contribution in [0.25, 0.3) is 0 Å². The molecular weight excluding hydrogens is 338 g/mol. The van der Waals surface area contributed by atoms with Gasteiger partial charge in [-0.25, -0.2) is 0 Å². The summed E-state index contributed by atoms with van der Waals surface area (Å²) in [5.41, 5.74) is 9.54. The standard InChI is InChI=1S/C16H17BrClNO/c1-10-3-4-11(14(18)7-10)9-15(19)12-5-6-16(20-2)13(17)8-12/h3-8,15H,9,19H2,1-2H3. The van der Waals surface area contributed by atoms with Crippen molar-refractivity contribution in [3.8, 4) is 5.75 Å². The molecule has 4 heteroatoms. The van der Waals surface area contributed by atoms with Crippen LogP contribution < -0.4 is 10.5 Å². The maximum absolute atomic E-state index is 6.27. The van der Waals surface area contributed by atoms with E-state index in [1.807, 2.05) is 37.3 Å². The number of halogens is 2. The molecule has 0 aliphatic carbocycles. The Hall–Kier alpha value is -1.03. The molecule has 0 aliphatic heterocycles. The molecule has 2 aromatic rings. The quantitative estimate of drug-likeness (QED) is 0.866. The summed E-state index contributed by atoms with van der Waals surface area (Å²) in [6.07, 6.45) is 0.706. The van der Waals surface area contributed by atoms with Crippen LogP contribution in [-0.4, -0.2) is 7.11 Å². The molecule has 0 saturated heterocycles. The van der Waals surface area contributed by atoms with Gasteiger partial charge in [0.1, 0.15) is 5.75 Å². The molecule has 0 fully saturated rings. The maximum atomic E-state index is 6.27. The first-order valence-electron chi connectivity index (χ1n) is 6.35. The van der Waals surface area contributed by atoms with Crippen molar-refractivity contribution < 1.29 is 4.74 Å². The van der Waals surface area contributed by atoms with Crippen molar-refractivity contribution >= 4 is 27.5 Å². The van der Waals surface area contributed by atoms with Crippen molar-refractivity contribution in [2.24, 2.45) is 5.73 Å². The van der Waals surface area contributed by atoms with E-state index >= 15 is 0 Å².